The number of rotatable bonds is 2. The second kappa shape index (κ2) is 6.90. The molecular formula is C10H22ClN3O. The first-order chi connectivity index (χ1) is 6.58. The van der Waals surface area contributed by atoms with Crippen molar-refractivity contribution in [3.63, 3.8) is 0 Å². The normalized spacial score (nSPS) is 25.6. The van der Waals surface area contributed by atoms with Crippen LogP contribution in [0.2, 0.25) is 0 Å². The summed E-state index contributed by atoms with van der Waals surface area (Å²) >= 11 is 0. The highest BCUT2D eigenvalue weighted by Gasteiger charge is 2.19. The minimum atomic E-state index is -0.0551. The molecule has 0 unspecified atom stereocenters. The molecule has 0 bridgehead atoms. The van der Waals surface area contributed by atoms with Crippen molar-refractivity contribution in [1.29, 1.82) is 0 Å². The third-order valence-corrected chi connectivity index (χ3v) is 2.53. The van der Waals surface area contributed by atoms with E-state index in [0.717, 1.165) is 25.7 Å². The maximum Gasteiger partial charge on any atom is 0.315 e. The maximum absolute atomic E-state index is 11.3. The van der Waals surface area contributed by atoms with Gasteiger partial charge in [0.15, 0.2) is 0 Å². The zero-order chi connectivity index (χ0) is 10.6. The largest absolute Gasteiger partial charge is 0.336 e. The summed E-state index contributed by atoms with van der Waals surface area (Å²) in [5.74, 6) is 0. The molecular weight excluding hydrogens is 214 g/mol. The van der Waals surface area contributed by atoms with E-state index in [1.54, 1.807) is 0 Å². The van der Waals surface area contributed by atoms with E-state index in [0.29, 0.717) is 12.1 Å². The molecule has 5 heteroatoms. The average molecular weight is 236 g/mol. The summed E-state index contributed by atoms with van der Waals surface area (Å²) in [6, 6.07) is 0.788. The van der Waals surface area contributed by atoms with Gasteiger partial charge in [0.05, 0.1) is 0 Å². The van der Waals surface area contributed by atoms with Gasteiger partial charge in [-0.05, 0) is 39.5 Å². The van der Waals surface area contributed by atoms with Crippen LogP contribution in [-0.2, 0) is 0 Å². The first kappa shape index (κ1) is 14.5. The average Bonchev–Trinajstić information content (AvgIpc) is 2.07. The number of carbonyl (C=O) groups is 1. The lowest BCUT2D eigenvalue weighted by Gasteiger charge is -2.27. The number of amides is 2. The van der Waals surface area contributed by atoms with Gasteiger partial charge in [-0.1, -0.05) is 0 Å². The molecule has 1 rings (SSSR count). The third kappa shape index (κ3) is 5.85. The van der Waals surface area contributed by atoms with Gasteiger partial charge in [-0.15, -0.1) is 12.4 Å². The van der Waals surface area contributed by atoms with Crippen molar-refractivity contribution in [2.75, 3.05) is 0 Å². The Kier molecular flexibility index (Phi) is 6.68. The van der Waals surface area contributed by atoms with Crippen LogP contribution in [0.25, 0.3) is 0 Å². The molecule has 0 radical (unpaired) electrons. The van der Waals surface area contributed by atoms with Gasteiger partial charge in [0.2, 0.25) is 0 Å². The van der Waals surface area contributed by atoms with Gasteiger partial charge in [0, 0.05) is 18.1 Å². The summed E-state index contributed by atoms with van der Waals surface area (Å²) in [6.45, 7) is 3.91. The van der Waals surface area contributed by atoms with Crippen molar-refractivity contribution in [1.82, 2.24) is 10.6 Å². The molecule has 0 heterocycles. The molecule has 15 heavy (non-hydrogen) atoms. The van der Waals surface area contributed by atoms with Crippen molar-refractivity contribution in [3.8, 4) is 0 Å². The Balaban J connectivity index is 0.00000196. The van der Waals surface area contributed by atoms with Crippen LogP contribution in [0.4, 0.5) is 4.79 Å². The molecule has 4 N–H and O–H groups in total. The van der Waals surface area contributed by atoms with E-state index in [9.17, 15) is 4.79 Å². The number of nitrogens with one attached hydrogen (secondary N) is 2. The monoisotopic (exact) mass is 235 g/mol. The predicted octanol–water partition coefficient (Wildman–Crippen LogP) is 1.39. The second-order valence-corrected chi connectivity index (χ2v) is 4.38. The molecule has 1 fully saturated rings. The van der Waals surface area contributed by atoms with E-state index in [1.807, 2.05) is 13.8 Å². The van der Waals surface area contributed by atoms with Crippen LogP contribution in [0.3, 0.4) is 0 Å². The lowest BCUT2D eigenvalue weighted by atomic mass is 9.92. The first-order valence-electron chi connectivity index (χ1n) is 5.40. The third-order valence-electron chi connectivity index (χ3n) is 2.53. The first-order valence-corrected chi connectivity index (χ1v) is 5.40. The van der Waals surface area contributed by atoms with Gasteiger partial charge in [-0.3, -0.25) is 0 Å². The van der Waals surface area contributed by atoms with Gasteiger partial charge in [-0.25, -0.2) is 4.79 Å². The smallest absolute Gasteiger partial charge is 0.315 e. The van der Waals surface area contributed by atoms with Crippen LogP contribution >= 0.6 is 12.4 Å². The maximum atomic E-state index is 11.3. The fourth-order valence-electron chi connectivity index (χ4n) is 1.75. The number of hydrogen-bond donors (Lipinski definition) is 3. The van der Waals surface area contributed by atoms with Crippen LogP contribution < -0.4 is 16.4 Å². The summed E-state index contributed by atoms with van der Waals surface area (Å²) in [4.78, 5) is 11.3. The van der Waals surface area contributed by atoms with E-state index >= 15 is 0 Å². The van der Waals surface area contributed by atoms with Crippen molar-refractivity contribution in [2.45, 2.75) is 57.7 Å². The number of urea groups is 1. The fraction of sp³-hybridized carbons (Fsp3) is 0.900. The fourth-order valence-corrected chi connectivity index (χ4v) is 1.75. The Bertz CT molecular complexity index is 191. The lowest BCUT2D eigenvalue weighted by molar-refractivity contribution is 0.229. The van der Waals surface area contributed by atoms with E-state index in [2.05, 4.69) is 10.6 Å². The quantitative estimate of drug-likeness (QED) is 0.677. The SMILES string of the molecule is CC(C)NC(=O)NC1CCC(N)CC1.Cl. The number of nitrogens with two attached hydrogens (primary N) is 1. The molecule has 1 aliphatic rings. The van der Waals surface area contributed by atoms with Crippen molar-refractivity contribution >= 4 is 18.4 Å². The summed E-state index contributed by atoms with van der Waals surface area (Å²) in [7, 11) is 0. The molecule has 0 aromatic carbocycles. The van der Waals surface area contributed by atoms with Crippen molar-refractivity contribution < 1.29 is 4.79 Å². The second-order valence-electron chi connectivity index (χ2n) is 4.38. The van der Waals surface area contributed by atoms with Crippen LogP contribution in [0.1, 0.15) is 39.5 Å². The molecule has 90 valence electrons. The number of halogens is 1. The molecule has 2 amide bonds. The van der Waals surface area contributed by atoms with E-state index in [1.165, 1.54) is 0 Å². The van der Waals surface area contributed by atoms with Crippen molar-refractivity contribution in [3.05, 3.63) is 0 Å². The predicted molar refractivity (Wildman–Crippen MR) is 64.3 cm³/mol. The highest BCUT2D eigenvalue weighted by molar-refractivity contribution is 5.85. The minimum Gasteiger partial charge on any atom is -0.336 e. The summed E-state index contributed by atoms with van der Waals surface area (Å²) in [5.41, 5.74) is 5.78. The van der Waals surface area contributed by atoms with E-state index in [4.69, 9.17) is 5.73 Å². The van der Waals surface area contributed by atoms with Gasteiger partial charge in [-0.2, -0.15) is 0 Å². The highest BCUT2D eigenvalue weighted by Crippen LogP contribution is 2.16. The van der Waals surface area contributed by atoms with E-state index in [-0.39, 0.29) is 24.5 Å². The summed E-state index contributed by atoms with van der Waals surface area (Å²) in [6.07, 6.45) is 4.05. The zero-order valence-corrected chi connectivity index (χ0v) is 10.3. The van der Waals surface area contributed by atoms with E-state index < -0.39 is 0 Å². The Morgan fingerprint density at radius 1 is 1.27 bits per heavy atom. The zero-order valence-electron chi connectivity index (χ0n) is 9.45. The molecule has 0 atom stereocenters. The molecule has 4 nitrogen and oxygen atoms in total. The van der Waals surface area contributed by atoms with Gasteiger partial charge < -0.3 is 16.4 Å². The van der Waals surface area contributed by atoms with Crippen LogP contribution in [0.15, 0.2) is 0 Å². The van der Waals surface area contributed by atoms with Gasteiger partial charge >= 0.3 is 6.03 Å². The Morgan fingerprint density at radius 2 is 1.80 bits per heavy atom. The molecule has 0 aromatic heterocycles. The number of carbonyl (C=O) groups excluding carboxylic acids is 1. The molecule has 0 spiro atoms. The highest BCUT2D eigenvalue weighted by atomic mass is 35.5. The topological polar surface area (TPSA) is 67.2 Å². The Hall–Kier alpha value is -0.480. The lowest BCUT2D eigenvalue weighted by Crippen LogP contribution is -2.46. The minimum absolute atomic E-state index is 0. The Morgan fingerprint density at radius 3 is 2.27 bits per heavy atom. The van der Waals surface area contributed by atoms with Crippen LogP contribution in [0.5, 0.6) is 0 Å². The van der Waals surface area contributed by atoms with Gasteiger partial charge in [0.25, 0.3) is 0 Å². The molecule has 0 aliphatic heterocycles. The summed E-state index contributed by atoms with van der Waals surface area (Å²) in [5, 5.41) is 5.79. The Labute approximate surface area is 97.8 Å². The molecule has 1 saturated carbocycles. The standard InChI is InChI=1S/C10H21N3O.ClH/c1-7(2)12-10(14)13-9-5-3-8(11)4-6-9;/h7-9H,3-6,11H2,1-2H3,(H2,12,13,14);1H. The number of hydrogen-bond acceptors (Lipinski definition) is 2. The molecule has 0 aromatic rings. The molecule has 1 aliphatic carbocycles. The van der Waals surface area contributed by atoms with Crippen LogP contribution in [0, 0.1) is 0 Å². The van der Waals surface area contributed by atoms with Crippen LogP contribution in [-0.4, -0.2) is 24.2 Å². The molecule has 0 saturated heterocycles. The van der Waals surface area contributed by atoms with Gasteiger partial charge in [0.1, 0.15) is 0 Å². The summed E-state index contributed by atoms with van der Waals surface area (Å²) < 4.78 is 0. The van der Waals surface area contributed by atoms with Crippen molar-refractivity contribution in [2.24, 2.45) is 5.73 Å².